The molecule has 5 nitrogen and oxygen atoms in total. The number of hydrogen-bond acceptors (Lipinski definition) is 5. The molecule has 1 aliphatic carbocycles. The molecule has 2 aromatic rings. The fourth-order valence-corrected chi connectivity index (χ4v) is 6.09. The standard InChI is InChI=1S/C25H27ClN2O3S/c1-13-12-32-24(27-13)28-20(14-5-7-15(8-6-14)25(2,3)4)19-21(29)17-11-16(26)9-10-18(17)31-22(19)23(28)30/h5-8,12,16-18,20H,9-11H2,1-4H3. The second kappa shape index (κ2) is 7.70. The van der Waals surface area contributed by atoms with Gasteiger partial charge in [0.05, 0.1) is 23.2 Å². The summed E-state index contributed by atoms with van der Waals surface area (Å²) in [5.74, 6) is -0.385. The molecule has 0 N–H and O–H groups in total. The summed E-state index contributed by atoms with van der Waals surface area (Å²) in [6.07, 6.45) is 1.79. The number of alkyl halides is 1. The molecule has 1 aromatic carbocycles. The monoisotopic (exact) mass is 470 g/mol. The number of aryl methyl sites for hydroxylation is 1. The number of aromatic nitrogens is 1. The first-order valence-corrected chi connectivity index (χ1v) is 12.4. The van der Waals surface area contributed by atoms with E-state index in [1.807, 2.05) is 24.4 Å². The summed E-state index contributed by atoms with van der Waals surface area (Å²) in [7, 11) is 0. The molecule has 2 aliphatic heterocycles. The molecule has 1 amide bonds. The Morgan fingerprint density at radius 1 is 1.16 bits per heavy atom. The Morgan fingerprint density at radius 3 is 2.50 bits per heavy atom. The van der Waals surface area contributed by atoms with Gasteiger partial charge in [0.2, 0.25) is 0 Å². The Hall–Kier alpha value is -2.18. The summed E-state index contributed by atoms with van der Waals surface area (Å²) in [5, 5.41) is 2.46. The third-order valence-corrected chi connectivity index (χ3v) is 8.04. The van der Waals surface area contributed by atoms with Crippen molar-refractivity contribution in [3.8, 4) is 0 Å². The Morgan fingerprint density at radius 2 is 1.88 bits per heavy atom. The van der Waals surface area contributed by atoms with Crippen molar-refractivity contribution in [2.75, 3.05) is 4.90 Å². The van der Waals surface area contributed by atoms with Crippen LogP contribution in [0.1, 0.15) is 62.9 Å². The van der Waals surface area contributed by atoms with Crippen LogP contribution < -0.4 is 4.90 Å². The SMILES string of the molecule is Cc1csc(N2C(=O)C3=C(C(=O)C4CC(Cl)CCC4O3)C2c2ccc(C(C)(C)C)cc2)n1. The van der Waals surface area contributed by atoms with Crippen molar-refractivity contribution in [2.24, 2.45) is 5.92 Å². The normalized spacial score (nSPS) is 28.0. The maximum Gasteiger partial charge on any atom is 0.296 e. The van der Waals surface area contributed by atoms with Crippen LogP contribution in [0, 0.1) is 12.8 Å². The van der Waals surface area contributed by atoms with Crippen LogP contribution in [-0.2, 0) is 19.7 Å². The Bertz CT molecular complexity index is 1110. The Labute approximate surface area is 197 Å². The highest BCUT2D eigenvalue weighted by Gasteiger charge is 2.53. The van der Waals surface area contributed by atoms with Crippen molar-refractivity contribution in [2.45, 2.75) is 69.9 Å². The van der Waals surface area contributed by atoms with Crippen LogP contribution in [-0.4, -0.2) is 28.2 Å². The van der Waals surface area contributed by atoms with Crippen molar-refractivity contribution in [3.63, 3.8) is 0 Å². The van der Waals surface area contributed by atoms with Gasteiger partial charge in [-0.1, -0.05) is 45.0 Å². The molecule has 3 heterocycles. The van der Waals surface area contributed by atoms with Crippen molar-refractivity contribution in [1.82, 2.24) is 4.98 Å². The van der Waals surface area contributed by atoms with Gasteiger partial charge in [0.25, 0.3) is 5.91 Å². The van der Waals surface area contributed by atoms with E-state index in [2.05, 4.69) is 37.9 Å². The Balaban J connectivity index is 1.62. The van der Waals surface area contributed by atoms with Gasteiger partial charge in [0.1, 0.15) is 6.10 Å². The van der Waals surface area contributed by atoms with Crippen molar-refractivity contribution in [3.05, 3.63) is 57.8 Å². The first-order valence-electron chi connectivity index (χ1n) is 11.1. The van der Waals surface area contributed by atoms with Gasteiger partial charge in [-0.25, -0.2) is 4.98 Å². The van der Waals surface area contributed by atoms with E-state index in [-0.39, 0.29) is 40.3 Å². The minimum absolute atomic E-state index is 0.00405. The summed E-state index contributed by atoms with van der Waals surface area (Å²) in [5.41, 5.74) is 3.39. The number of ether oxygens (including phenoxy) is 1. The number of ketones is 1. The van der Waals surface area contributed by atoms with Gasteiger partial charge in [-0.15, -0.1) is 22.9 Å². The lowest BCUT2D eigenvalue weighted by atomic mass is 9.77. The van der Waals surface area contributed by atoms with E-state index in [0.717, 1.165) is 17.7 Å². The zero-order chi connectivity index (χ0) is 22.8. The molecule has 3 aliphatic rings. The topological polar surface area (TPSA) is 59.5 Å². The van der Waals surface area contributed by atoms with Gasteiger partial charge in [-0.3, -0.25) is 14.5 Å². The molecule has 0 spiro atoms. The lowest BCUT2D eigenvalue weighted by Crippen LogP contribution is -2.41. The van der Waals surface area contributed by atoms with E-state index in [1.54, 1.807) is 4.90 Å². The number of Topliss-reactive ketones (excluding diaryl/α,β-unsaturated/α-hetero) is 1. The lowest BCUT2D eigenvalue weighted by Gasteiger charge is -2.37. The molecule has 4 unspecified atom stereocenters. The smallest absolute Gasteiger partial charge is 0.296 e. The first-order chi connectivity index (χ1) is 15.1. The third kappa shape index (κ3) is 3.48. The molecule has 0 saturated heterocycles. The van der Waals surface area contributed by atoms with E-state index < -0.39 is 6.04 Å². The average Bonchev–Trinajstić information content (AvgIpc) is 3.29. The molecule has 1 aromatic heterocycles. The zero-order valence-electron chi connectivity index (χ0n) is 18.7. The lowest BCUT2D eigenvalue weighted by molar-refractivity contribution is -0.131. The second-order valence-corrected chi connectivity index (χ2v) is 11.5. The van der Waals surface area contributed by atoms with Crippen LogP contribution in [0.2, 0.25) is 0 Å². The summed E-state index contributed by atoms with van der Waals surface area (Å²) in [6.45, 7) is 8.39. The minimum Gasteiger partial charge on any atom is -0.483 e. The molecule has 32 heavy (non-hydrogen) atoms. The average molecular weight is 471 g/mol. The van der Waals surface area contributed by atoms with Gasteiger partial charge < -0.3 is 4.74 Å². The number of halogens is 1. The predicted octanol–water partition coefficient (Wildman–Crippen LogP) is 5.47. The summed E-state index contributed by atoms with van der Waals surface area (Å²) < 4.78 is 6.22. The highest BCUT2D eigenvalue weighted by atomic mass is 35.5. The minimum atomic E-state index is -0.541. The fourth-order valence-electron chi connectivity index (χ4n) is 4.95. The van der Waals surface area contributed by atoms with Gasteiger partial charge in [0.15, 0.2) is 16.7 Å². The predicted molar refractivity (Wildman–Crippen MR) is 126 cm³/mol. The molecule has 0 bridgehead atoms. The van der Waals surface area contributed by atoms with Crippen LogP contribution in [0.3, 0.4) is 0 Å². The fraction of sp³-hybridized carbons (Fsp3) is 0.480. The van der Waals surface area contributed by atoms with Gasteiger partial charge in [0, 0.05) is 10.8 Å². The van der Waals surface area contributed by atoms with Gasteiger partial charge in [-0.05, 0) is 42.7 Å². The van der Waals surface area contributed by atoms with Crippen molar-refractivity contribution in [1.29, 1.82) is 0 Å². The molecule has 168 valence electrons. The highest BCUT2D eigenvalue weighted by molar-refractivity contribution is 7.14. The van der Waals surface area contributed by atoms with Crippen LogP contribution in [0.5, 0.6) is 0 Å². The van der Waals surface area contributed by atoms with Gasteiger partial charge in [-0.2, -0.15) is 0 Å². The molecule has 0 radical (unpaired) electrons. The molecule has 5 rings (SSSR count). The number of benzene rings is 1. The summed E-state index contributed by atoms with van der Waals surface area (Å²) >= 11 is 7.81. The second-order valence-electron chi connectivity index (χ2n) is 10.0. The van der Waals surface area contributed by atoms with Crippen LogP contribution in [0.25, 0.3) is 0 Å². The molecule has 7 heteroatoms. The summed E-state index contributed by atoms with van der Waals surface area (Å²) in [6, 6.07) is 7.66. The van der Waals surface area contributed by atoms with Crippen molar-refractivity contribution < 1.29 is 14.3 Å². The highest BCUT2D eigenvalue weighted by Crippen LogP contribution is 2.49. The van der Waals surface area contributed by atoms with Crippen LogP contribution in [0.15, 0.2) is 41.0 Å². The third-order valence-electron chi connectivity index (χ3n) is 6.69. The number of nitrogens with zero attached hydrogens (tertiary/aromatic N) is 2. The maximum absolute atomic E-state index is 13.7. The Kier molecular flexibility index (Phi) is 5.21. The number of rotatable bonds is 2. The van der Waals surface area contributed by atoms with Crippen LogP contribution in [0.4, 0.5) is 5.13 Å². The largest absolute Gasteiger partial charge is 0.483 e. The molecule has 1 fully saturated rings. The van der Waals surface area contributed by atoms with Gasteiger partial charge >= 0.3 is 0 Å². The molecule has 4 atom stereocenters. The van der Waals surface area contributed by atoms with E-state index in [0.29, 0.717) is 23.5 Å². The van der Waals surface area contributed by atoms with E-state index in [4.69, 9.17) is 16.3 Å². The quantitative estimate of drug-likeness (QED) is 0.546. The number of anilines is 1. The van der Waals surface area contributed by atoms with E-state index in [9.17, 15) is 9.59 Å². The van der Waals surface area contributed by atoms with Crippen molar-refractivity contribution >= 4 is 39.8 Å². The number of hydrogen-bond donors (Lipinski definition) is 0. The summed E-state index contributed by atoms with van der Waals surface area (Å²) in [4.78, 5) is 33.5. The van der Waals surface area contributed by atoms with Crippen LogP contribution >= 0.6 is 22.9 Å². The molecular formula is C25H27ClN2O3S. The number of fused-ring (bicyclic) bond motifs is 1. The van der Waals surface area contributed by atoms with E-state index in [1.165, 1.54) is 16.9 Å². The maximum atomic E-state index is 13.7. The number of thiazole rings is 1. The molecule has 1 saturated carbocycles. The number of amides is 1. The number of carbonyl (C=O) groups is 2. The molecular weight excluding hydrogens is 444 g/mol. The first kappa shape index (κ1) is 21.7. The van der Waals surface area contributed by atoms with E-state index >= 15 is 0 Å². The zero-order valence-corrected chi connectivity index (χ0v) is 20.3. The number of carbonyl (C=O) groups excluding carboxylic acids is 2.